The first-order valence-corrected chi connectivity index (χ1v) is 6.27. The second kappa shape index (κ2) is 5.91. The Morgan fingerprint density at radius 1 is 1.19 bits per heavy atom. The molecule has 0 spiro atoms. The molecule has 0 aromatic heterocycles. The van der Waals surface area contributed by atoms with Crippen molar-refractivity contribution in [3.63, 3.8) is 0 Å². The van der Waals surface area contributed by atoms with E-state index in [0.29, 0.717) is 0 Å². The Balaban J connectivity index is 2.23. The Hall–Kier alpha value is -2.43. The van der Waals surface area contributed by atoms with Gasteiger partial charge in [0.15, 0.2) is 11.5 Å². The molecule has 110 valence electrons. The van der Waals surface area contributed by atoms with Gasteiger partial charge < -0.3 is 9.84 Å². The lowest BCUT2D eigenvalue weighted by atomic mass is 9.99. The fourth-order valence-corrected chi connectivity index (χ4v) is 1.97. The molecule has 0 aliphatic rings. The van der Waals surface area contributed by atoms with Crippen LogP contribution in [-0.2, 0) is 6.42 Å². The number of Topliss-reactive ketones (excluding diaryl/α,β-unsaturated/α-hetero) is 1. The molecule has 0 heterocycles. The van der Waals surface area contributed by atoms with Crippen LogP contribution in [-0.4, -0.2) is 23.9 Å². The molecule has 0 amide bonds. The quantitative estimate of drug-likeness (QED) is 0.858. The molecular weight excluding hydrogens is 278 g/mol. The smallest absolute Gasteiger partial charge is 0.313 e. The molecule has 0 unspecified atom stereocenters. The largest absolute Gasteiger partial charge is 0.504 e. The van der Waals surface area contributed by atoms with Crippen LogP contribution in [0.4, 0.5) is 8.78 Å². The van der Waals surface area contributed by atoms with Gasteiger partial charge in [0.05, 0.1) is 7.11 Å². The lowest BCUT2D eigenvalue weighted by molar-refractivity contribution is 0.0106. The van der Waals surface area contributed by atoms with Gasteiger partial charge in [-0.25, -0.2) is 0 Å². The molecule has 2 rings (SSSR count). The lowest BCUT2D eigenvalue weighted by Crippen LogP contribution is -2.31. The van der Waals surface area contributed by atoms with Gasteiger partial charge in [0, 0.05) is 12.0 Å². The van der Waals surface area contributed by atoms with Gasteiger partial charge in [-0.2, -0.15) is 8.78 Å². The lowest BCUT2D eigenvalue weighted by Gasteiger charge is -2.16. The number of rotatable bonds is 5. The van der Waals surface area contributed by atoms with Crippen molar-refractivity contribution in [1.82, 2.24) is 0 Å². The van der Waals surface area contributed by atoms with E-state index < -0.39 is 18.1 Å². The molecule has 0 aliphatic carbocycles. The third kappa shape index (κ3) is 3.37. The minimum atomic E-state index is -3.52. The molecule has 0 atom stereocenters. The van der Waals surface area contributed by atoms with Gasteiger partial charge in [-0.15, -0.1) is 0 Å². The van der Waals surface area contributed by atoms with Gasteiger partial charge in [0.2, 0.25) is 5.78 Å². The molecule has 0 bridgehead atoms. The molecular formula is C16H14F2O3. The van der Waals surface area contributed by atoms with Gasteiger partial charge in [0.1, 0.15) is 0 Å². The predicted octanol–water partition coefficient (Wildman–Crippen LogP) is 3.46. The van der Waals surface area contributed by atoms with Gasteiger partial charge in [-0.05, 0) is 17.7 Å². The van der Waals surface area contributed by atoms with Gasteiger partial charge >= 0.3 is 5.92 Å². The molecule has 0 radical (unpaired) electrons. The highest BCUT2D eigenvalue weighted by molar-refractivity contribution is 6.01. The van der Waals surface area contributed by atoms with Crippen LogP contribution in [0.15, 0.2) is 48.5 Å². The van der Waals surface area contributed by atoms with Crippen molar-refractivity contribution in [2.24, 2.45) is 0 Å². The van der Waals surface area contributed by atoms with Crippen LogP contribution < -0.4 is 4.74 Å². The number of hydrogen-bond acceptors (Lipinski definition) is 3. The van der Waals surface area contributed by atoms with E-state index in [-0.39, 0.29) is 22.6 Å². The predicted molar refractivity (Wildman–Crippen MR) is 74.1 cm³/mol. The second-order valence-electron chi connectivity index (χ2n) is 4.58. The summed E-state index contributed by atoms with van der Waals surface area (Å²) in [5.41, 5.74) is 0.173. The van der Waals surface area contributed by atoms with Gasteiger partial charge in [0.25, 0.3) is 0 Å². The van der Waals surface area contributed by atoms with E-state index in [1.165, 1.54) is 49.6 Å². The molecule has 3 nitrogen and oxygen atoms in total. The Bertz CT molecular complexity index is 639. The first-order chi connectivity index (χ1) is 9.94. The standard InChI is InChI=1S/C16H14F2O3/c1-21-14-9-11(7-8-13(14)19)10-16(17,18)15(20)12-5-3-2-4-6-12/h2-9,19H,10H2,1H3. The van der Waals surface area contributed by atoms with E-state index in [9.17, 15) is 18.7 Å². The molecule has 21 heavy (non-hydrogen) atoms. The summed E-state index contributed by atoms with van der Waals surface area (Å²) in [5.74, 6) is -4.80. The molecule has 0 saturated heterocycles. The number of halogens is 2. The average molecular weight is 292 g/mol. The van der Waals surface area contributed by atoms with E-state index in [0.717, 1.165) is 0 Å². The fourth-order valence-electron chi connectivity index (χ4n) is 1.97. The summed E-state index contributed by atoms with van der Waals surface area (Å²) in [6, 6.07) is 11.3. The van der Waals surface area contributed by atoms with Crippen LogP contribution >= 0.6 is 0 Å². The number of phenolic OH excluding ortho intramolecular Hbond substituents is 1. The van der Waals surface area contributed by atoms with Crippen molar-refractivity contribution >= 4 is 5.78 Å². The number of hydrogen-bond donors (Lipinski definition) is 1. The zero-order valence-electron chi connectivity index (χ0n) is 11.3. The third-order valence-electron chi connectivity index (χ3n) is 3.04. The van der Waals surface area contributed by atoms with E-state index in [1.54, 1.807) is 6.07 Å². The third-order valence-corrected chi connectivity index (χ3v) is 3.04. The average Bonchev–Trinajstić information content (AvgIpc) is 2.49. The van der Waals surface area contributed by atoms with Gasteiger partial charge in [-0.1, -0.05) is 36.4 Å². The van der Waals surface area contributed by atoms with Gasteiger partial charge in [-0.3, -0.25) is 4.79 Å². The zero-order valence-corrected chi connectivity index (χ0v) is 11.3. The highest BCUT2D eigenvalue weighted by Crippen LogP contribution is 2.30. The van der Waals surface area contributed by atoms with E-state index in [2.05, 4.69) is 0 Å². The number of carbonyl (C=O) groups is 1. The Kier molecular flexibility index (Phi) is 4.21. The number of methoxy groups -OCH3 is 1. The number of phenols is 1. The van der Waals surface area contributed by atoms with Crippen molar-refractivity contribution in [3.8, 4) is 11.5 Å². The van der Waals surface area contributed by atoms with E-state index in [4.69, 9.17) is 4.74 Å². The maximum atomic E-state index is 14.1. The number of benzene rings is 2. The highest BCUT2D eigenvalue weighted by atomic mass is 19.3. The fraction of sp³-hybridized carbons (Fsp3) is 0.188. The van der Waals surface area contributed by atoms with Crippen LogP contribution in [0.2, 0.25) is 0 Å². The Morgan fingerprint density at radius 3 is 2.48 bits per heavy atom. The molecule has 0 saturated carbocycles. The summed E-state index contributed by atoms with van der Waals surface area (Å²) in [6.07, 6.45) is -0.753. The number of carbonyl (C=O) groups excluding carboxylic acids is 1. The molecule has 5 heteroatoms. The molecule has 0 fully saturated rings. The monoisotopic (exact) mass is 292 g/mol. The zero-order chi connectivity index (χ0) is 15.5. The first kappa shape index (κ1) is 15.0. The molecule has 0 aliphatic heterocycles. The molecule has 1 N–H and O–H groups in total. The maximum Gasteiger partial charge on any atom is 0.313 e. The van der Waals surface area contributed by atoms with Crippen LogP contribution in [0.5, 0.6) is 11.5 Å². The summed E-state index contributed by atoms with van der Waals surface area (Å²) < 4.78 is 33.0. The van der Waals surface area contributed by atoms with Crippen molar-refractivity contribution in [1.29, 1.82) is 0 Å². The first-order valence-electron chi connectivity index (χ1n) is 6.27. The van der Waals surface area contributed by atoms with Crippen LogP contribution in [0, 0.1) is 0 Å². The normalized spacial score (nSPS) is 11.2. The van der Waals surface area contributed by atoms with Crippen molar-refractivity contribution in [2.45, 2.75) is 12.3 Å². The summed E-state index contributed by atoms with van der Waals surface area (Å²) >= 11 is 0. The Labute approximate surface area is 120 Å². The molecule has 2 aromatic rings. The highest BCUT2D eigenvalue weighted by Gasteiger charge is 2.39. The van der Waals surface area contributed by atoms with Crippen LogP contribution in [0.3, 0.4) is 0 Å². The van der Waals surface area contributed by atoms with Crippen molar-refractivity contribution in [2.75, 3.05) is 7.11 Å². The summed E-state index contributed by atoms with van der Waals surface area (Å²) in [6.45, 7) is 0. The number of ketones is 1. The van der Waals surface area contributed by atoms with E-state index in [1.807, 2.05) is 0 Å². The Morgan fingerprint density at radius 2 is 1.86 bits per heavy atom. The maximum absolute atomic E-state index is 14.1. The summed E-state index contributed by atoms with van der Waals surface area (Å²) in [4.78, 5) is 11.9. The van der Waals surface area contributed by atoms with Crippen LogP contribution in [0.1, 0.15) is 15.9 Å². The SMILES string of the molecule is COc1cc(CC(F)(F)C(=O)c2ccccc2)ccc1O. The summed E-state index contributed by atoms with van der Waals surface area (Å²) in [7, 11) is 1.33. The van der Waals surface area contributed by atoms with E-state index >= 15 is 0 Å². The molecule has 2 aromatic carbocycles. The summed E-state index contributed by atoms with van der Waals surface area (Å²) in [5, 5.41) is 9.44. The van der Waals surface area contributed by atoms with Crippen LogP contribution in [0.25, 0.3) is 0 Å². The number of aromatic hydroxyl groups is 1. The minimum absolute atomic E-state index is 0.0340. The van der Waals surface area contributed by atoms with Crippen molar-refractivity contribution in [3.05, 3.63) is 59.7 Å². The topological polar surface area (TPSA) is 46.5 Å². The van der Waals surface area contributed by atoms with Crippen molar-refractivity contribution < 1.29 is 23.4 Å². The minimum Gasteiger partial charge on any atom is -0.504 e. The number of ether oxygens (including phenoxy) is 1. The second-order valence-corrected chi connectivity index (χ2v) is 4.58. The number of alkyl halides is 2.